The summed E-state index contributed by atoms with van der Waals surface area (Å²) in [4.78, 5) is 13.7. The fraction of sp³-hybridized carbons (Fsp3) is 0.500. The monoisotopic (exact) mass is 304 g/mol. The Morgan fingerprint density at radius 2 is 2.00 bits per heavy atom. The van der Waals surface area contributed by atoms with E-state index >= 15 is 0 Å². The van der Waals surface area contributed by atoms with Crippen molar-refractivity contribution in [2.75, 3.05) is 31.1 Å². The first kappa shape index (κ1) is 14.5. The maximum Gasteiger partial charge on any atom is 0.224 e. The zero-order valence-electron chi connectivity index (χ0n) is 12.6. The van der Waals surface area contributed by atoms with E-state index in [9.17, 15) is 0 Å². The minimum atomic E-state index is 0.329. The molecule has 4 nitrogen and oxygen atoms in total. The van der Waals surface area contributed by atoms with E-state index in [4.69, 9.17) is 11.6 Å². The minimum absolute atomic E-state index is 0.329. The molecule has 2 heterocycles. The SMILES string of the molecule is CCN(CC)C1CCN(c2nc(Cl)nc3ccccc23)C1. The van der Waals surface area contributed by atoms with Crippen molar-refractivity contribution in [1.29, 1.82) is 0 Å². The average Bonchev–Trinajstić information content (AvgIpc) is 2.97. The molecule has 0 amide bonds. The highest BCUT2D eigenvalue weighted by molar-refractivity contribution is 6.28. The summed E-state index contributed by atoms with van der Waals surface area (Å²) in [5, 5.41) is 1.41. The molecule has 0 bridgehead atoms. The van der Waals surface area contributed by atoms with Crippen LogP contribution >= 0.6 is 11.6 Å². The highest BCUT2D eigenvalue weighted by Crippen LogP contribution is 2.29. The molecule has 1 saturated heterocycles. The lowest BCUT2D eigenvalue weighted by molar-refractivity contribution is 0.232. The van der Waals surface area contributed by atoms with Crippen molar-refractivity contribution in [3.8, 4) is 0 Å². The quantitative estimate of drug-likeness (QED) is 0.812. The van der Waals surface area contributed by atoms with Gasteiger partial charge < -0.3 is 4.90 Å². The topological polar surface area (TPSA) is 32.3 Å². The van der Waals surface area contributed by atoms with Gasteiger partial charge in [-0.25, -0.2) is 4.98 Å². The van der Waals surface area contributed by atoms with Gasteiger partial charge in [0.05, 0.1) is 5.52 Å². The number of benzene rings is 1. The molecule has 1 aliphatic rings. The first-order chi connectivity index (χ1) is 10.2. The van der Waals surface area contributed by atoms with E-state index in [1.165, 1.54) is 6.42 Å². The first-order valence-corrected chi connectivity index (χ1v) is 8.02. The molecule has 1 unspecified atom stereocenters. The summed E-state index contributed by atoms with van der Waals surface area (Å²) >= 11 is 6.10. The smallest absolute Gasteiger partial charge is 0.224 e. The number of nitrogens with zero attached hydrogens (tertiary/aromatic N) is 4. The zero-order valence-corrected chi connectivity index (χ0v) is 13.3. The number of fused-ring (bicyclic) bond motifs is 1. The molecule has 2 aromatic rings. The highest BCUT2D eigenvalue weighted by atomic mass is 35.5. The third-order valence-electron chi connectivity index (χ3n) is 4.35. The van der Waals surface area contributed by atoms with E-state index in [0.29, 0.717) is 11.3 Å². The Balaban J connectivity index is 1.91. The molecule has 0 radical (unpaired) electrons. The van der Waals surface area contributed by atoms with Gasteiger partial charge in [0.25, 0.3) is 0 Å². The van der Waals surface area contributed by atoms with E-state index in [-0.39, 0.29) is 0 Å². The molecule has 3 rings (SSSR count). The Morgan fingerprint density at radius 1 is 1.24 bits per heavy atom. The predicted molar refractivity (Wildman–Crippen MR) is 88.1 cm³/mol. The Kier molecular flexibility index (Phi) is 4.27. The van der Waals surface area contributed by atoms with Gasteiger partial charge in [0.1, 0.15) is 5.82 Å². The summed E-state index contributed by atoms with van der Waals surface area (Å²) in [5.41, 5.74) is 0.916. The minimum Gasteiger partial charge on any atom is -0.354 e. The summed E-state index contributed by atoms with van der Waals surface area (Å²) in [5.74, 6) is 0.972. The fourth-order valence-corrected chi connectivity index (χ4v) is 3.42. The molecule has 0 aliphatic carbocycles. The Morgan fingerprint density at radius 3 is 2.76 bits per heavy atom. The molecule has 1 aromatic carbocycles. The van der Waals surface area contributed by atoms with Gasteiger partial charge >= 0.3 is 0 Å². The summed E-state index contributed by atoms with van der Waals surface area (Å²) in [6, 6.07) is 8.68. The number of hydrogen-bond acceptors (Lipinski definition) is 4. The van der Waals surface area contributed by atoms with Crippen LogP contribution < -0.4 is 4.90 Å². The second-order valence-electron chi connectivity index (χ2n) is 5.44. The molecule has 0 saturated carbocycles. The van der Waals surface area contributed by atoms with Gasteiger partial charge in [0.15, 0.2) is 0 Å². The molecule has 1 fully saturated rings. The van der Waals surface area contributed by atoms with Crippen LogP contribution in [0, 0.1) is 0 Å². The van der Waals surface area contributed by atoms with Crippen molar-refractivity contribution in [3.63, 3.8) is 0 Å². The molecule has 21 heavy (non-hydrogen) atoms. The van der Waals surface area contributed by atoms with E-state index in [2.05, 4.69) is 39.7 Å². The molecule has 0 N–H and O–H groups in total. The Hall–Kier alpha value is -1.39. The Labute approximate surface area is 130 Å². The molecule has 112 valence electrons. The first-order valence-electron chi connectivity index (χ1n) is 7.64. The van der Waals surface area contributed by atoms with Crippen LogP contribution in [0.2, 0.25) is 5.28 Å². The zero-order chi connectivity index (χ0) is 14.8. The normalized spacial score (nSPS) is 18.9. The van der Waals surface area contributed by atoms with Crippen LogP contribution in [0.15, 0.2) is 24.3 Å². The van der Waals surface area contributed by atoms with Crippen molar-refractivity contribution in [2.24, 2.45) is 0 Å². The second-order valence-corrected chi connectivity index (χ2v) is 5.78. The summed E-state index contributed by atoms with van der Waals surface area (Å²) in [6.07, 6.45) is 1.18. The van der Waals surface area contributed by atoms with Gasteiger partial charge in [-0.05, 0) is 43.2 Å². The van der Waals surface area contributed by atoms with Crippen LogP contribution in [0.3, 0.4) is 0 Å². The third kappa shape index (κ3) is 2.83. The maximum absolute atomic E-state index is 6.10. The van der Waals surface area contributed by atoms with Gasteiger partial charge in [-0.3, -0.25) is 4.90 Å². The Bertz CT molecular complexity index is 627. The number of rotatable bonds is 4. The van der Waals surface area contributed by atoms with Crippen LogP contribution in [0.1, 0.15) is 20.3 Å². The van der Waals surface area contributed by atoms with Crippen molar-refractivity contribution in [3.05, 3.63) is 29.5 Å². The molecule has 0 spiro atoms. The second kappa shape index (κ2) is 6.16. The molecule has 1 aliphatic heterocycles. The molecular formula is C16H21ClN4. The average molecular weight is 305 g/mol. The van der Waals surface area contributed by atoms with Crippen LogP contribution in [-0.2, 0) is 0 Å². The van der Waals surface area contributed by atoms with Crippen molar-refractivity contribution >= 4 is 28.3 Å². The number of halogens is 1. The van der Waals surface area contributed by atoms with Gasteiger partial charge in [-0.15, -0.1) is 0 Å². The predicted octanol–water partition coefficient (Wildman–Crippen LogP) is 3.20. The lowest BCUT2D eigenvalue weighted by atomic mass is 10.2. The fourth-order valence-electron chi connectivity index (χ4n) is 3.25. The third-order valence-corrected chi connectivity index (χ3v) is 4.52. The van der Waals surface area contributed by atoms with Gasteiger partial charge in [-0.2, -0.15) is 4.98 Å². The maximum atomic E-state index is 6.10. The van der Waals surface area contributed by atoms with Crippen LogP contribution in [-0.4, -0.2) is 47.1 Å². The van der Waals surface area contributed by atoms with Crippen LogP contribution in [0.5, 0.6) is 0 Å². The number of hydrogen-bond donors (Lipinski definition) is 0. The number of anilines is 1. The number of aromatic nitrogens is 2. The molecular weight excluding hydrogens is 284 g/mol. The summed E-state index contributed by atoms with van der Waals surface area (Å²) < 4.78 is 0. The summed E-state index contributed by atoms with van der Waals surface area (Å²) in [7, 11) is 0. The van der Waals surface area contributed by atoms with Gasteiger partial charge in [0.2, 0.25) is 5.28 Å². The summed E-state index contributed by atoms with van der Waals surface area (Å²) in [6.45, 7) is 8.68. The van der Waals surface area contributed by atoms with Gasteiger partial charge in [-0.1, -0.05) is 26.0 Å². The van der Waals surface area contributed by atoms with E-state index < -0.39 is 0 Å². The number of para-hydroxylation sites is 1. The number of likely N-dealkylation sites (N-methyl/N-ethyl adjacent to an activating group) is 1. The largest absolute Gasteiger partial charge is 0.354 e. The van der Waals surface area contributed by atoms with Crippen molar-refractivity contribution < 1.29 is 0 Å². The molecule has 1 atom stereocenters. The van der Waals surface area contributed by atoms with Gasteiger partial charge in [0, 0.05) is 24.5 Å². The van der Waals surface area contributed by atoms with Crippen molar-refractivity contribution in [2.45, 2.75) is 26.3 Å². The van der Waals surface area contributed by atoms with Crippen LogP contribution in [0.25, 0.3) is 10.9 Å². The van der Waals surface area contributed by atoms with E-state index in [0.717, 1.165) is 42.9 Å². The van der Waals surface area contributed by atoms with Crippen LogP contribution in [0.4, 0.5) is 5.82 Å². The van der Waals surface area contributed by atoms with E-state index in [1.54, 1.807) is 0 Å². The van der Waals surface area contributed by atoms with E-state index in [1.807, 2.05) is 18.2 Å². The molecule has 5 heteroatoms. The highest BCUT2D eigenvalue weighted by Gasteiger charge is 2.28. The lowest BCUT2D eigenvalue weighted by Crippen LogP contribution is -2.37. The molecule has 1 aromatic heterocycles. The standard InChI is InChI=1S/C16H21ClN4/c1-3-20(4-2)12-9-10-21(11-12)15-13-7-5-6-8-14(13)18-16(17)19-15/h5-8,12H,3-4,9-11H2,1-2H3. The van der Waals surface area contributed by atoms with Crippen molar-refractivity contribution in [1.82, 2.24) is 14.9 Å². The lowest BCUT2D eigenvalue weighted by Gasteiger charge is -2.26.